The van der Waals surface area contributed by atoms with Gasteiger partial charge >= 0.3 is 0 Å². The Labute approximate surface area is 76.9 Å². The van der Waals surface area contributed by atoms with Crippen molar-refractivity contribution >= 4 is 16.8 Å². The molecule has 4 heteroatoms. The predicted octanol–water partition coefficient (Wildman–Crippen LogP) is 1.00. The molecular weight excluding hydrogens is 174 g/mol. The van der Waals surface area contributed by atoms with Crippen LogP contribution >= 0.6 is 11.8 Å². The normalized spacial score (nSPS) is 32.8. The number of aliphatic hydroxyl groups is 2. The monoisotopic (exact) mass is 189 g/mol. The molecule has 0 aromatic rings. The van der Waals surface area contributed by atoms with Crippen molar-refractivity contribution in [2.45, 2.75) is 38.5 Å². The number of thioether (sulfide) groups is 1. The van der Waals surface area contributed by atoms with E-state index >= 15 is 0 Å². The Bertz CT molecular complexity index is 195. The molecule has 2 N–H and O–H groups in total. The van der Waals surface area contributed by atoms with Gasteiger partial charge in [0.15, 0.2) is 5.72 Å². The maximum absolute atomic E-state index is 9.86. The molecular formula is C8H15NO2S. The van der Waals surface area contributed by atoms with Gasteiger partial charge in [0.05, 0.1) is 5.04 Å². The van der Waals surface area contributed by atoms with Gasteiger partial charge in [0, 0.05) is 12.2 Å². The summed E-state index contributed by atoms with van der Waals surface area (Å²) in [5.41, 5.74) is -1.22. The molecule has 0 amide bonds. The highest BCUT2D eigenvalue weighted by Gasteiger charge is 2.35. The lowest BCUT2D eigenvalue weighted by atomic mass is 10.0. The minimum Gasteiger partial charge on any atom is -0.388 e. The van der Waals surface area contributed by atoms with Crippen molar-refractivity contribution in [2.75, 3.05) is 5.75 Å². The van der Waals surface area contributed by atoms with Crippen LogP contribution in [-0.2, 0) is 0 Å². The van der Waals surface area contributed by atoms with E-state index in [1.165, 1.54) is 0 Å². The average Bonchev–Trinajstić information content (AvgIpc) is 2.02. The first kappa shape index (κ1) is 10.0. The van der Waals surface area contributed by atoms with Gasteiger partial charge in [0.1, 0.15) is 6.10 Å². The highest BCUT2D eigenvalue weighted by atomic mass is 32.2. The van der Waals surface area contributed by atoms with Crippen molar-refractivity contribution in [1.29, 1.82) is 0 Å². The van der Waals surface area contributed by atoms with E-state index in [0.717, 1.165) is 10.8 Å². The lowest BCUT2D eigenvalue weighted by molar-refractivity contribution is -0.0715. The summed E-state index contributed by atoms with van der Waals surface area (Å²) in [6.07, 6.45) is 0.357. The van der Waals surface area contributed by atoms with Crippen LogP contribution in [0.15, 0.2) is 4.99 Å². The average molecular weight is 189 g/mol. The van der Waals surface area contributed by atoms with E-state index in [-0.39, 0.29) is 0 Å². The van der Waals surface area contributed by atoms with E-state index in [0.29, 0.717) is 12.8 Å². The summed E-state index contributed by atoms with van der Waals surface area (Å²) in [4.78, 5) is 4.07. The predicted molar refractivity (Wildman–Crippen MR) is 51.4 cm³/mol. The standard InChI is InChI=1S/C8H15NO2S/c1-3-7(10)8(11)4-5-12-6(2)9-8/h7,10-11H,3-5H2,1-2H3. The van der Waals surface area contributed by atoms with Gasteiger partial charge in [-0.05, 0) is 13.3 Å². The van der Waals surface area contributed by atoms with Crippen molar-refractivity contribution in [1.82, 2.24) is 0 Å². The van der Waals surface area contributed by atoms with Gasteiger partial charge < -0.3 is 10.2 Å². The molecule has 1 aliphatic rings. The molecule has 0 saturated carbocycles. The van der Waals surface area contributed by atoms with Crippen molar-refractivity contribution in [3.8, 4) is 0 Å². The fraction of sp³-hybridized carbons (Fsp3) is 0.875. The smallest absolute Gasteiger partial charge is 0.183 e. The van der Waals surface area contributed by atoms with Crippen LogP contribution in [0.25, 0.3) is 0 Å². The van der Waals surface area contributed by atoms with Crippen LogP contribution in [0.2, 0.25) is 0 Å². The molecule has 3 nitrogen and oxygen atoms in total. The number of hydrogen-bond acceptors (Lipinski definition) is 4. The van der Waals surface area contributed by atoms with Gasteiger partial charge in [-0.25, -0.2) is 4.99 Å². The lowest BCUT2D eigenvalue weighted by Gasteiger charge is -2.31. The molecule has 2 atom stereocenters. The summed E-state index contributed by atoms with van der Waals surface area (Å²) in [7, 11) is 0. The van der Waals surface area contributed by atoms with E-state index in [4.69, 9.17) is 0 Å². The van der Waals surface area contributed by atoms with E-state index in [2.05, 4.69) is 4.99 Å². The van der Waals surface area contributed by atoms with Gasteiger partial charge in [-0.2, -0.15) is 0 Å². The molecule has 0 radical (unpaired) electrons. The fourth-order valence-corrected chi connectivity index (χ4v) is 2.20. The van der Waals surface area contributed by atoms with Crippen molar-refractivity contribution < 1.29 is 10.2 Å². The van der Waals surface area contributed by atoms with E-state index in [1.54, 1.807) is 11.8 Å². The van der Waals surface area contributed by atoms with E-state index in [1.807, 2.05) is 13.8 Å². The second-order valence-electron chi connectivity index (χ2n) is 3.03. The number of aliphatic imine (C=N–C) groups is 1. The van der Waals surface area contributed by atoms with Crippen LogP contribution in [0.1, 0.15) is 26.7 Å². The van der Waals surface area contributed by atoms with Crippen LogP contribution in [0.3, 0.4) is 0 Å². The van der Waals surface area contributed by atoms with Gasteiger partial charge in [-0.3, -0.25) is 0 Å². The SMILES string of the molecule is CCC(O)C1(O)CCSC(C)=N1. The molecule has 12 heavy (non-hydrogen) atoms. The van der Waals surface area contributed by atoms with Crippen LogP contribution in [0, 0.1) is 0 Å². The van der Waals surface area contributed by atoms with Crippen molar-refractivity contribution in [3.63, 3.8) is 0 Å². The van der Waals surface area contributed by atoms with Gasteiger partial charge in [-0.15, -0.1) is 11.8 Å². The van der Waals surface area contributed by atoms with Crippen LogP contribution in [-0.4, -0.2) is 32.8 Å². The summed E-state index contributed by atoms with van der Waals surface area (Å²) >= 11 is 1.63. The van der Waals surface area contributed by atoms with Gasteiger partial charge in [-0.1, -0.05) is 6.92 Å². The first-order chi connectivity index (χ1) is 5.58. The van der Waals surface area contributed by atoms with Crippen LogP contribution < -0.4 is 0 Å². The van der Waals surface area contributed by atoms with E-state index in [9.17, 15) is 10.2 Å². The molecule has 1 rings (SSSR count). The molecule has 1 heterocycles. The Hall–Kier alpha value is -0.0600. The molecule has 0 aliphatic carbocycles. The van der Waals surface area contributed by atoms with E-state index < -0.39 is 11.8 Å². The Morgan fingerprint density at radius 2 is 2.42 bits per heavy atom. The zero-order valence-corrected chi connectivity index (χ0v) is 8.27. The topological polar surface area (TPSA) is 52.8 Å². The number of hydrogen-bond donors (Lipinski definition) is 2. The molecule has 1 aliphatic heterocycles. The minimum absolute atomic E-state index is 0.540. The molecule has 2 unspecified atom stereocenters. The Balaban J connectivity index is 2.75. The summed E-state index contributed by atoms with van der Waals surface area (Å²) in [6, 6.07) is 0. The summed E-state index contributed by atoms with van der Waals surface area (Å²) < 4.78 is 0. The fourth-order valence-electron chi connectivity index (χ4n) is 1.28. The minimum atomic E-state index is -1.22. The third-order valence-corrected chi connectivity index (χ3v) is 2.97. The maximum atomic E-state index is 9.86. The first-order valence-corrected chi connectivity index (χ1v) is 5.17. The largest absolute Gasteiger partial charge is 0.388 e. The highest BCUT2D eigenvalue weighted by molar-refractivity contribution is 8.13. The third-order valence-electron chi connectivity index (χ3n) is 2.05. The third kappa shape index (κ3) is 2.00. The molecule has 0 fully saturated rings. The number of rotatable bonds is 2. The molecule has 0 bridgehead atoms. The second-order valence-corrected chi connectivity index (χ2v) is 4.32. The first-order valence-electron chi connectivity index (χ1n) is 4.18. The lowest BCUT2D eigenvalue weighted by Crippen LogP contribution is -2.42. The Morgan fingerprint density at radius 3 is 2.92 bits per heavy atom. The van der Waals surface area contributed by atoms with Gasteiger partial charge in [0.2, 0.25) is 0 Å². The van der Waals surface area contributed by atoms with Crippen molar-refractivity contribution in [3.05, 3.63) is 0 Å². The second kappa shape index (κ2) is 3.77. The number of aliphatic hydroxyl groups excluding tert-OH is 1. The summed E-state index contributed by atoms with van der Waals surface area (Å²) in [5.74, 6) is 0.836. The summed E-state index contributed by atoms with van der Waals surface area (Å²) in [5, 5.41) is 20.2. The maximum Gasteiger partial charge on any atom is 0.183 e. The zero-order valence-electron chi connectivity index (χ0n) is 7.45. The number of nitrogens with zero attached hydrogens (tertiary/aromatic N) is 1. The molecule has 70 valence electrons. The molecule has 0 aromatic carbocycles. The van der Waals surface area contributed by atoms with Crippen LogP contribution in [0.4, 0.5) is 0 Å². The zero-order chi connectivity index (χ0) is 9.19. The van der Waals surface area contributed by atoms with Crippen LogP contribution in [0.5, 0.6) is 0 Å². The quantitative estimate of drug-likeness (QED) is 0.681. The Kier molecular flexibility index (Phi) is 3.15. The Morgan fingerprint density at radius 1 is 1.75 bits per heavy atom. The summed E-state index contributed by atoms with van der Waals surface area (Å²) in [6.45, 7) is 3.70. The van der Waals surface area contributed by atoms with Crippen molar-refractivity contribution in [2.24, 2.45) is 4.99 Å². The van der Waals surface area contributed by atoms with Gasteiger partial charge in [0.25, 0.3) is 0 Å². The highest BCUT2D eigenvalue weighted by Crippen LogP contribution is 2.28. The molecule has 0 aromatic heterocycles. The molecule has 0 saturated heterocycles. The molecule has 0 spiro atoms.